The fraction of sp³-hybridized carbons (Fsp3) is 0.379. The third-order valence-electron chi connectivity index (χ3n) is 7.25. The van der Waals surface area contributed by atoms with Crippen molar-refractivity contribution in [2.75, 3.05) is 13.1 Å². The van der Waals surface area contributed by atoms with Gasteiger partial charge in [0.1, 0.15) is 5.54 Å². The Morgan fingerprint density at radius 3 is 2.32 bits per heavy atom. The van der Waals surface area contributed by atoms with Gasteiger partial charge in [-0.2, -0.15) is 0 Å². The van der Waals surface area contributed by atoms with Crippen LogP contribution in [-0.4, -0.2) is 46.1 Å². The van der Waals surface area contributed by atoms with Crippen molar-refractivity contribution in [3.05, 3.63) is 65.7 Å². The van der Waals surface area contributed by atoms with Gasteiger partial charge in [-0.3, -0.25) is 14.9 Å². The molecule has 8 heteroatoms. The van der Waals surface area contributed by atoms with E-state index in [9.17, 15) is 24.6 Å². The number of nitrogens with zero attached hydrogens (tertiary/aromatic N) is 1. The van der Waals surface area contributed by atoms with Gasteiger partial charge in [0.25, 0.3) is 5.91 Å². The smallest absolute Gasteiger partial charge is 0.328 e. The van der Waals surface area contributed by atoms with Crippen molar-refractivity contribution in [2.24, 2.45) is 5.92 Å². The number of hydrogen-bond acceptors (Lipinski definition) is 5. The van der Waals surface area contributed by atoms with E-state index in [0.717, 1.165) is 19.3 Å². The van der Waals surface area contributed by atoms with Gasteiger partial charge in [-0.15, -0.1) is 0 Å². The lowest BCUT2D eigenvalue weighted by atomic mass is 9.82. The summed E-state index contributed by atoms with van der Waals surface area (Å²) in [7, 11) is 0. The summed E-state index contributed by atoms with van der Waals surface area (Å²) < 4.78 is 0. The highest BCUT2D eigenvalue weighted by molar-refractivity contribution is 6.10. The molecule has 37 heavy (non-hydrogen) atoms. The zero-order valence-electron chi connectivity index (χ0n) is 21.0. The van der Waals surface area contributed by atoms with Crippen LogP contribution in [0.4, 0.5) is 0 Å². The summed E-state index contributed by atoms with van der Waals surface area (Å²) in [5.74, 6) is -2.34. The summed E-state index contributed by atoms with van der Waals surface area (Å²) in [6.45, 7) is 1.26. The normalized spacial score (nSPS) is 15.7. The third-order valence-corrected chi connectivity index (χ3v) is 7.25. The van der Waals surface area contributed by atoms with Crippen molar-refractivity contribution in [1.82, 2.24) is 15.6 Å². The summed E-state index contributed by atoms with van der Waals surface area (Å²) in [6, 6.07) is 16.2. The van der Waals surface area contributed by atoms with E-state index in [1.807, 2.05) is 24.3 Å². The Labute approximate surface area is 216 Å². The second kappa shape index (κ2) is 11.5. The maximum atomic E-state index is 13.8. The Balaban J connectivity index is 1.87. The van der Waals surface area contributed by atoms with Crippen molar-refractivity contribution in [3.63, 3.8) is 0 Å². The first-order valence-corrected chi connectivity index (χ1v) is 12.8. The summed E-state index contributed by atoms with van der Waals surface area (Å²) in [4.78, 5) is 42.8. The molecule has 8 nitrogen and oxygen atoms in total. The first-order valence-electron chi connectivity index (χ1n) is 12.8. The van der Waals surface area contributed by atoms with E-state index in [2.05, 4.69) is 10.6 Å². The zero-order valence-corrected chi connectivity index (χ0v) is 21.0. The molecule has 2 aromatic carbocycles. The number of nitrogens with one attached hydrogen (secondary N) is 2. The molecule has 1 atom stereocenters. The van der Waals surface area contributed by atoms with Gasteiger partial charge >= 0.3 is 11.9 Å². The van der Waals surface area contributed by atoms with Gasteiger partial charge in [-0.25, -0.2) is 9.78 Å². The van der Waals surface area contributed by atoms with E-state index in [4.69, 9.17) is 4.98 Å². The van der Waals surface area contributed by atoms with Gasteiger partial charge < -0.3 is 15.5 Å². The molecule has 1 amide bonds. The van der Waals surface area contributed by atoms with E-state index >= 15 is 0 Å². The Kier molecular flexibility index (Phi) is 8.18. The van der Waals surface area contributed by atoms with Crippen LogP contribution < -0.4 is 10.6 Å². The largest absolute Gasteiger partial charge is 0.480 e. The van der Waals surface area contributed by atoms with Gasteiger partial charge in [0, 0.05) is 23.1 Å². The molecule has 1 aliphatic carbocycles. The highest BCUT2D eigenvalue weighted by Gasteiger charge is 2.42. The molecule has 1 fully saturated rings. The number of hydrogen-bond donors (Lipinski definition) is 4. The molecule has 1 aromatic heterocycles. The van der Waals surface area contributed by atoms with Crippen LogP contribution in [-0.2, 0) is 15.1 Å². The molecule has 0 unspecified atom stereocenters. The molecule has 0 spiro atoms. The molecule has 3 aromatic rings. The lowest BCUT2D eigenvalue weighted by Gasteiger charge is -2.31. The van der Waals surface area contributed by atoms with Crippen LogP contribution in [0, 0.1) is 5.92 Å². The van der Waals surface area contributed by atoms with Crippen molar-refractivity contribution >= 4 is 28.7 Å². The van der Waals surface area contributed by atoms with Gasteiger partial charge in [0.05, 0.1) is 23.3 Å². The SMILES string of the molecule is C[C@@](NCC(=O)O)(C(=O)O)c1c(-c2ccccc2)nc2ccccc2c1C(=O)NCCC1CCCCC1. The average Bonchev–Trinajstić information content (AvgIpc) is 2.91. The second-order valence-corrected chi connectivity index (χ2v) is 9.82. The lowest BCUT2D eigenvalue weighted by Crippen LogP contribution is -2.50. The van der Waals surface area contributed by atoms with Gasteiger partial charge in [-0.05, 0) is 25.3 Å². The number of aromatic nitrogens is 1. The number of fused-ring (bicyclic) bond motifs is 1. The van der Waals surface area contributed by atoms with E-state index in [-0.39, 0.29) is 11.1 Å². The summed E-state index contributed by atoms with van der Waals surface area (Å²) >= 11 is 0. The molecular weight excluding hydrogens is 470 g/mol. The topological polar surface area (TPSA) is 129 Å². The summed E-state index contributed by atoms with van der Waals surface area (Å²) in [6.07, 6.45) is 6.87. The van der Waals surface area contributed by atoms with Crippen LogP contribution in [0.1, 0.15) is 61.4 Å². The predicted octanol–water partition coefficient (Wildman–Crippen LogP) is 4.58. The molecule has 1 saturated carbocycles. The van der Waals surface area contributed by atoms with E-state index < -0.39 is 29.9 Å². The van der Waals surface area contributed by atoms with E-state index in [1.54, 1.807) is 30.3 Å². The lowest BCUT2D eigenvalue weighted by molar-refractivity contribution is -0.145. The average molecular weight is 504 g/mol. The number of carboxylic acid groups (broad SMARTS) is 2. The van der Waals surface area contributed by atoms with Gasteiger partial charge in [0.15, 0.2) is 0 Å². The van der Waals surface area contributed by atoms with E-state index in [0.29, 0.717) is 34.6 Å². The third kappa shape index (κ3) is 5.80. The molecule has 0 radical (unpaired) electrons. The first kappa shape index (κ1) is 26.3. The fourth-order valence-corrected chi connectivity index (χ4v) is 5.22. The van der Waals surface area contributed by atoms with Crippen molar-refractivity contribution in [3.8, 4) is 11.3 Å². The molecule has 4 N–H and O–H groups in total. The number of carboxylic acids is 2. The minimum atomic E-state index is -1.91. The second-order valence-electron chi connectivity index (χ2n) is 9.82. The number of rotatable bonds is 10. The molecule has 1 heterocycles. The molecule has 0 aliphatic heterocycles. The Morgan fingerprint density at radius 2 is 1.65 bits per heavy atom. The van der Waals surface area contributed by atoms with Crippen molar-refractivity contribution in [1.29, 1.82) is 0 Å². The minimum Gasteiger partial charge on any atom is -0.480 e. The predicted molar refractivity (Wildman–Crippen MR) is 141 cm³/mol. The molecular formula is C29H33N3O5. The van der Waals surface area contributed by atoms with Gasteiger partial charge in [-0.1, -0.05) is 80.6 Å². The van der Waals surface area contributed by atoms with Crippen molar-refractivity contribution in [2.45, 2.75) is 51.0 Å². The molecule has 1 aliphatic rings. The van der Waals surface area contributed by atoms with E-state index in [1.165, 1.54) is 26.2 Å². The highest BCUT2D eigenvalue weighted by Crippen LogP contribution is 2.37. The van der Waals surface area contributed by atoms with Crippen LogP contribution >= 0.6 is 0 Å². The molecule has 0 saturated heterocycles. The fourth-order valence-electron chi connectivity index (χ4n) is 5.22. The Bertz CT molecular complexity index is 1290. The summed E-state index contributed by atoms with van der Waals surface area (Å²) in [5.41, 5.74) is -0.0780. The number of pyridine rings is 1. The number of carbonyl (C=O) groups excluding carboxylic acids is 1. The molecule has 194 valence electrons. The number of aliphatic carboxylic acids is 2. The van der Waals surface area contributed by atoms with Crippen LogP contribution in [0.5, 0.6) is 0 Å². The maximum Gasteiger partial charge on any atom is 0.328 e. The first-order chi connectivity index (χ1) is 17.8. The van der Waals surface area contributed by atoms with Crippen LogP contribution in [0.15, 0.2) is 54.6 Å². The number of para-hydroxylation sites is 1. The monoisotopic (exact) mass is 503 g/mol. The Morgan fingerprint density at radius 1 is 0.973 bits per heavy atom. The minimum absolute atomic E-state index is 0.140. The highest BCUT2D eigenvalue weighted by atomic mass is 16.4. The van der Waals surface area contributed by atoms with Gasteiger partial charge in [0.2, 0.25) is 0 Å². The number of carbonyl (C=O) groups is 3. The molecule has 4 rings (SSSR count). The maximum absolute atomic E-state index is 13.8. The zero-order chi connectivity index (χ0) is 26.4. The van der Waals surface area contributed by atoms with Crippen LogP contribution in [0.2, 0.25) is 0 Å². The van der Waals surface area contributed by atoms with Crippen molar-refractivity contribution < 1.29 is 24.6 Å². The Hall–Kier alpha value is -3.78. The molecule has 0 bridgehead atoms. The number of benzene rings is 2. The van der Waals surface area contributed by atoms with Crippen LogP contribution in [0.3, 0.4) is 0 Å². The summed E-state index contributed by atoms with van der Waals surface area (Å²) in [5, 5.41) is 25.9. The van der Waals surface area contributed by atoms with Crippen LogP contribution in [0.25, 0.3) is 22.2 Å². The number of amides is 1. The standard InChI is InChI=1S/C29H33N3O5/c1-29(28(36)37,31-18-23(33)34)25-24(27(35)30-17-16-19-10-4-2-5-11-19)21-14-8-9-15-22(21)32-26(25)20-12-6-3-7-13-20/h3,6-9,12-15,19,31H,2,4-5,10-11,16-18H2,1H3,(H,30,35)(H,33,34)(H,36,37)/t29-/m0/s1. The quantitative estimate of drug-likeness (QED) is 0.319.